The van der Waals surface area contributed by atoms with E-state index in [1.807, 2.05) is 0 Å². The van der Waals surface area contributed by atoms with Crippen molar-refractivity contribution in [2.45, 2.75) is 50.2 Å². The summed E-state index contributed by atoms with van der Waals surface area (Å²) in [6.45, 7) is 4.49. The average molecular weight is 475 g/mol. The van der Waals surface area contributed by atoms with Crippen molar-refractivity contribution in [3.63, 3.8) is 0 Å². The van der Waals surface area contributed by atoms with Crippen molar-refractivity contribution < 1.29 is 9.68 Å². The van der Waals surface area contributed by atoms with Gasteiger partial charge in [0.25, 0.3) is 0 Å². The molecule has 4 heterocycles. The molecule has 0 saturated carbocycles. The molecule has 4 aliphatic heterocycles. The lowest BCUT2D eigenvalue weighted by Crippen LogP contribution is -2.29. The molecule has 4 aromatic rings. The van der Waals surface area contributed by atoms with Gasteiger partial charge < -0.3 is 0 Å². The number of fused-ring (bicyclic) bond motifs is 6. The molecule has 0 aromatic heterocycles. The van der Waals surface area contributed by atoms with E-state index in [1.165, 1.54) is 33.4 Å². The van der Waals surface area contributed by atoms with E-state index in [0.29, 0.717) is 23.9 Å². The van der Waals surface area contributed by atoms with Gasteiger partial charge in [0.15, 0.2) is 12.5 Å². The van der Waals surface area contributed by atoms with E-state index in [-0.39, 0.29) is 12.5 Å². The van der Waals surface area contributed by atoms with Gasteiger partial charge in [0.1, 0.15) is 0 Å². The first kappa shape index (κ1) is 22.0. The van der Waals surface area contributed by atoms with Crippen LogP contribution in [0.1, 0.15) is 71.5 Å². The van der Waals surface area contributed by atoms with Crippen LogP contribution >= 0.6 is 0 Å². The molecule has 2 saturated heterocycles. The van der Waals surface area contributed by atoms with Crippen molar-refractivity contribution in [2.75, 3.05) is 0 Å². The molecule has 0 spiro atoms. The van der Waals surface area contributed by atoms with Gasteiger partial charge in [-0.05, 0) is 36.1 Å². The molecule has 8 atom stereocenters. The fourth-order valence-corrected chi connectivity index (χ4v) is 6.27. The standard InChI is InChI=1S/2C16H15NO/c2*1-11-15(12-7-3-2-4-8-12)13-9-5-6-10-14(13)16-17(11)18-16/h2*2-11,15-16H,1H3/t2*11-,15+,16+,17?/m11/s1. The summed E-state index contributed by atoms with van der Waals surface area (Å²) in [5.41, 5.74) is 8.21. The van der Waals surface area contributed by atoms with E-state index in [1.54, 1.807) is 0 Å². The summed E-state index contributed by atoms with van der Waals surface area (Å²) in [5.74, 6) is 0.808. The Morgan fingerprint density at radius 3 is 1.17 bits per heavy atom. The van der Waals surface area contributed by atoms with Crippen molar-refractivity contribution in [3.8, 4) is 0 Å². The number of benzene rings is 4. The second-order valence-electron chi connectivity index (χ2n) is 10.2. The van der Waals surface area contributed by atoms with Gasteiger partial charge in [-0.15, -0.1) is 10.1 Å². The van der Waals surface area contributed by atoms with Crippen molar-refractivity contribution in [1.29, 1.82) is 0 Å². The maximum atomic E-state index is 5.70. The molecule has 36 heavy (non-hydrogen) atoms. The van der Waals surface area contributed by atoms with Crippen LogP contribution in [-0.4, -0.2) is 22.2 Å². The molecule has 0 N–H and O–H groups in total. The van der Waals surface area contributed by atoms with Gasteiger partial charge in [0, 0.05) is 35.0 Å². The Kier molecular flexibility index (Phi) is 5.30. The Morgan fingerprint density at radius 2 is 0.778 bits per heavy atom. The maximum Gasteiger partial charge on any atom is 0.180 e. The second-order valence-corrected chi connectivity index (χ2v) is 10.2. The summed E-state index contributed by atoms with van der Waals surface area (Å²) >= 11 is 0. The normalized spacial score (nSPS) is 32.5. The lowest BCUT2D eigenvalue weighted by atomic mass is 9.81. The number of nitrogens with zero attached hydrogens (tertiary/aromatic N) is 2. The second kappa shape index (κ2) is 8.68. The molecule has 0 bridgehead atoms. The molecule has 8 rings (SSSR count). The minimum absolute atomic E-state index is 0.191. The minimum Gasteiger partial charge on any atom is -0.270 e. The van der Waals surface area contributed by atoms with Gasteiger partial charge in [-0.25, -0.2) is 0 Å². The highest BCUT2D eigenvalue weighted by Gasteiger charge is 2.51. The summed E-state index contributed by atoms with van der Waals surface area (Å²) < 4.78 is 0. The third kappa shape index (κ3) is 3.61. The fourth-order valence-electron chi connectivity index (χ4n) is 6.27. The van der Waals surface area contributed by atoms with Gasteiger partial charge in [-0.1, -0.05) is 109 Å². The topological polar surface area (TPSA) is 31.1 Å². The fraction of sp³-hybridized carbons (Fsp3) is 0.250. The van der Waals surface area contributed by atoms with Crippen LogP contribution < -0.4 is 0 Å². The van der Waals surface area contributed by atoms with Crippen LogP contribution in [-0.2, 0) is 9.68 Å². The van der Waals surface area contributed by atoms with E-state index in [2.05, 4.69) is 133 Å². The van der Waals surface area contributed by atoms with E-state index in [9.17, 15) is 0 Å². The Morgan fingerprint density at radius 1 is 0.444 bits per heavy atom. The van der Waals surface area contributed by atoms with Crippen LogP contribution in [0.2, 0.25) is 0 Å². The number of hydrogen-bond donors (Lipinski definition) is 0. The summed E-state index contributed by atoms with van der Waals surface area (Å²) in [5, 5.41) is 4.22. The monoisotopic (exact) mass is 474 g/mol. The summed E-state index contributed by atoms with van der Waals surface area (Å²) in [7, 11) is 0. The zero-order valence-corrected chi connectivity index (χ0v) is 20.6. The van der Waals surface area contributed by atoms with Crippen molar-refractivity contribution in [2.24, 2.45) is 0 Å². The third-order valence-electron chi connectivity index (χ3n) is 8.09. The Bertz CT molecular complexity index is 1270. The Hall–Kier alpha value is -3.28. The first-order chi connectivity index (χ1) is 17.7. The molecular weight excluding hydrogens is 444 g/mol. The van der Waals surface area contributed by atoms with Crippen molar-refractivity contribution >= 4 is 0 Å². The molecule has 4 aromatic carbocycles. The lowest BCUT2D eigenvalue weighted by Gasteiger charge is -2.29. The first-order valence-corrected chi connectivity index (χ1v) is 12.9. The predicted octanol–water partition coefficient (Wildman–Crippen LogP) is 6.93. The highest BCUT2D eigenvalue weighted by molar-refractivity contribution is 5.45. The SMILES string of the molecule is C[C@@H]1[C@@H](c2ccccc2)c2ccccc2[C@@H]2ON12.C[C@@H]1[C@@H](c2ccccc2)c2ccccc2[C@@H]2ON12. The summed E-state index contributed by atoms with van der Waals surface area (Å²) in [4.78, 5) is 11.4. The molecule has 4 heteroatoms. The zero-order valence-electron chi connectivity index (χ0n) is 20.6. The molecule has 4 aliphatic rings. The summed E-state index contributed by atoms with van der Waals surface area (Å²) in [6.07, 6.45) is 0.382. The van der Waals surface area contributed by atoms with Gasteiger partial charge in [-0.2, -0.15) is 0 Å². The zero-order chi connectivity index (χ0) is 24.2. The third-order valence-corrected chi connectivity index (χ3v) is 8.09. The van der Waals surface area contributed by atoms with E-state index < -0.39 is 0 Å². The highest BCUT2D eigenvalue weighted by atomic mass is 16.8. The van der Waals surface area contributed by atoms with Crippen LogP contribution in [0.25, 0.3) is 0 Å². The number of hydrogen-bond acceptors (Lipinski definition) is 4. The molecule has 4 nitrogen and oxygen atoms in total. The Labute approximate surface area is 212 Å². The van der Waals surface area contributed by atoms with E-state index in [0.717, 1.165) is 0 Å². The predicted molar refractivity (Wildman–Crippen MR) is 140 cm³/mol. The van der Waals surface area contributed by atoms with Crippen molar-refractivity contribution in [1.82, 2.24) is 10.1 Å². The molecule has 0 radical (unpaired) electrons. The molecule has 0 aliphatic carbocycles. The van der Waals surface area contributed by atoms with Crippen LogP contribution in [0.5, 0.6) is 0 Å². The highest BCUT2D eigenvalue weighted by Crippen LogP contribution is 2.53. The Balaban J connectivity index is 0.000000122. The average Bonchev–Trinajstić information content (AvgIpc) is 3.85. The molecular formula is C32H30N2O2. The summed E-state index contributed by atoms with van der Waals surface area (Å²) in [6, 6.07) is 39.5. The van der Waals surface area contributed by atoms with E-state index >= 15 is 0 Å². The lowest BCUT2D eigenvalue weighted by molar-refractivity contribution is 0.146. The quantitative estimate of drug-likeness (QED) is 0.295. The van der Waals surface area contributed by atoms with Crippen LogP contribution in [0.4, 0.5) is 0 Å². The van der Waals surface area contributed by atoms with Gasteiger partial charge in [0.2, 0.25) is 0 Å². The number of hydroxylamine groups is 4. The van der Waals surface area contributed by atoms with Gasteiger partial charge in [0.05, 0.1) is 0 Å². The van der Waals surface area contributed by atoms with E-state index in [4.69, 9.17) is 9.68 Å². The maximum absolute atomic E-state index is 5.70. The minimum atomic E-state index is 0.191. The molecule has 2 unspecified atom stereocenters. The van der Waals surface area contributed by atoms with Crippen molar-refractivity contribution in [3.05, 3.63) is 143 Å². The first-order valence-electron chi connectivity index (χ1n) is 12.9. The molecule has 180 valence electrons. The van der Waals surface area contributed by atoms with Gasteiger partial charge >= 0.3 is 0 Å². The molecule has 0 amide bonds. The smallest absolute Gasteiger partial charge is 0.180 e. The molecule has 2 fully saturated rings. The van der Waals surface area contributed by atoms with Crippen LogP contribution in [0, 0.1) is 0 Å². The largest absolute Gasteiger partial charge is 0.270 e. The van der Waals surface area contributed by atoms with Crippen LogP contribution in [0.3, 0.4) is 0 Å². The van der Waals surface area contributed by atoms with Crippen LogP contribution in [0.15, 0.2) is 109 Å². The van der Waals surface area contributed by atoms with Gasteiger partial charge in [-0.3, -0.25) is 9.68 Å². The number of rotatable bonds is 2.